The van der Waals surface area contributed by atoms with Crippen molar-refractivity contribution in [3.05, 3.63) is 35.9 Å². The Morgan fingerprint density at radius 3 is 2.17 bits per heavy atom. The molecule has 0 aromatic heterocycles. The number of carbonyl (C=O) groups excluding carboxylic acids is 1. The zero-order chi connectivity index (χ0) is 13.4. The number of hydrogen-bond acceptors (Lipinski definition) is 2. The van der Waals surface area contributed by atoms with Crippen molar-refractivity contribution >= 4 is 29.1 Å². The molecule has 0 fully saturated rings. The maximum Gasteiger partial charge on any atom is 0.235 e. The Kier molecular flexibility index (Phi) is 7.09. The highest BCUT2D eigenvalue weighted by Crippen LogP contribution is 2.09. The highest BCUT2D eigenvalue weighted by Gasteiger charge is 2.23. The van der Waals surface area contributed by atoms with E-state index in [0.29, 0.717) is 31.3 Å². The lowest BCUT2D eigenvalue weighted by Gasteiger charge is -2.28. The van der Waals surface area contributed by atoms with Crippen molar-refractivity contribution in [1.82, 2.24) is 4.90 Å². The fraction of sp³-hybridized carbons (Fsp3) is 0.462. The summed E-state index contributed by atoms with van der Waals surface area (Å²) in [6.45, 7) is 1.21. The first-order valence-corrected chi connectivity index (χ1v) is 6.95. The van der Waals surface area contributed by atoms with Crippen molar-refractivity contribution in [2.24, 2.45) is 5.73 Å². The van der Waals surface area contributed by atoms with E-state index in [1.54, 1.807) is 0 Å². The molecule has 0 heterocycles. The van der Waals surface area contributed by atoms with Crippen LogP contribution in [0, 0.1) is 0 Å². The minimum Gasteiger partial charge on any atom is -0.368 e. The van der Waals surface area contributed by atoms with Crippen LogP contribution in [0.1, 0.15) is 5.56 Å². The Bertz CT molecular complexity index is 353. The average Bonchev–Trinajstić information content (AvgIpc) is 2.37. The molecule has 0 aliphatic carbocycles. The summed E-state index contributed by atoms with van der Waals surface area (Å²) in [7, 11) is 0. The van der Waals surface area contributed by atoms with Gasteiger partial charge in [-0.2, -0.15) is 0 Å². The van der Waals surface area contributed by atoms with Gasteiger partial charge in [0.05, 0.1) is 6.04 Å². The van der Waals surface area contributed by atoms with Gasteiger partial charge >= 0.3 is 0 Å². The predicted molar refractivity (Wildman–Crippen MR) is 76.1 cm³/mol. The van der Waals surface area contributed by atoms with Gasteiger partial charge in [0.15, 0.2) is 0 Å². The van der Waals surface area contributed by atoms with E-state index in [-0.39, 0.29) is 11.9 Å². The minimum atomic E-state index is -0.357. The van der Waals surface area contributed by atoms with Crippen LogP contribution < -0.4 is 5.73 Å². The Labute approximate surface area is 118 Å². The van der Waals surface area contributed by atoms with E-state index in [4.69, 9.17) is 28.9 Å². The van der Waals surface area contributed by atoms with Gasteiger partial charge in [-0.3, -0.25) is 9.69 Å². The van der Waals surface area contributed by atoms with Crippen LogP contribution >= 0.6 is 23.2 Å². The van der Waals surface area contributed by atoms with Crippen molar-refractivity contribution in [1.29, 1.82) is 0 Å². The van der Waals surface area contributed by atoms with Crippen LogP contribution in [0.15, 0.2) is 30.3 Å². The molecule has 1 rings (SSSR count). The smallest absolute Gasteiger partial charge is 0.235 e. The van der Waals surface area contributed by atoms with Gasteiger partial charge in [-0.1, -0.05) is 30.3 Å². The molecule has 0 aliphatic heterocycles. The van der Waals surface area contributed by atoms with E-state index < -0.39 is 0 Å². The molecule has 0 bridgehead atoms. The zero-order valence-corrected chi connectivity index (χ0v) is 11.7. The molecule has 2 N–H and O–H groups in total. The Morgan fingerprint density at radius 1 is 1.17 bits per heavy atom. The van der Waals surface area contributed by atoms with Crippen LogP contribution in [0.5, 0.6) is 0 Å². The van der Waals surface area contributed by atoms with Crippen LogP contribution in [0.25, 0.3) is 0 Å². The molecule has 1 atom stereocenters. The van der Waals surface area contributed by atoms with E-state index in [2.05, 4.69) is 0 Å². The number of rotatable bonds is 8. The van der Waals surface area contributed by atoms with Crippen LogP contribution in [-0.2, 0) is 11.2 Å². The second-order valence-corrected chi connectivity index (χ2v) is 4.78. The summed E-state index contributed by atoms with van der Waals surface area (Å²) in [5.41, 5.74) is 6.56. The molecule has 0 saturated carbocycles. The van der Waals surface area contributed by atoms with Gasteiger partial charge < -0.3 is 5.73 Å². The molecule has 1 aromatic rings. The summed E-state index contributed by atoms with van der Waals surface area (Å²) in [6.07, 6.45) is 0.587. The third-order valence-electron chi connectivity index (χ3n) is 2.78. The van der Waals surface area contributed by atoms with Crippen molar-refractivity contribution in [3.63, 3.8) is 0 Å². The number of carbonyl (C=O) groups is 1. The molecular weight excluding hydrogens is 271 g/mol. The molecule has 0 saturated heterocycles. The first kappa shape index (κ1) is 15.3. The third kappa shape index (κ3) is 4.84. The number of halogens is 2. The van der Waals surface area contributed by atoms with Crippen molar-refractivity contribution in [3.8, 4) is 0 Å². The minimum absolute atomic E-state index is 0.339. The largest absolute Gasteiger partial charge is 0.368 e. The lowest BCUT2D eigenvalue weighted by molar-refractivity contribution is -0.123. The lowest BCUT2D eigenvalue weighted by atomic mass is 10.0. The summed E-state index contributed by atoms with van der Waals surface area (Å²) in [4.78, 5) is 13.5. The summed E-state index contributed by atoms with van der Waals surface area (Å²) in [5, 5.41) is 0. The molecule has 3 nitrogen and oxygen atoms in total. The predicted octanol–water partition coefficient (Wildman–Crippen LogP) is 1.86. The fourth-order valence-corrected chi connectivity index (χ4v) is 2.32. The topological polar surface area (TPSA) is 46.3 Å². The highest BCUT2D eigenvalue weighted by molar-refractivity contribution is 6.18. The second-order valence-electron chi connectivity index (χ2n) is 4.02. The first-order chi connectivity index (χ1) is 8.69. The molecule has 0 aliphatic rings. The summed E-state index contributed by atoms with van der Waals surface area (Å²) in [5.74, 6) is 0.569. The van der Waals surface area contributed by atoms with Gasteiger partial charge in [0, 0.05) is 24.8 Å². The number of primary amides is 1. The Morgan fingerprint density at radius 2 is 1.72 bits per heavy atom. The van der Waals surface area contributed by atoms with Crippen molar-refractivity contribution in [2.45, 2.75) is 12.5 Å². The van der Waals surface area contributed by atoms with E-state index in [1.165, 1.54) is 0 Å². The number of nitrogens with two attached hydrogens (primary N) is 1. The SMILES string of the molecule is NC(=O)C(Cc1ccccc1)N(CCCl)CCCl. The zero-order valence-electron chi connectivity index (χ0n) is 10.2. The number of alkyl halides is 2. The molecule has 1 amide bonds. The maximum absolute atomic E-state index is 11.6. The summed E-state index contributed by atoms with van der Waals surface area (Å²) in [6, 6.07) is 9.44. The molecule has 0 radical (unpaired) electrons. The van der Waals surface area contributed by atoms with Crippen LogP contribution in [-0.4, -0.2) is 41.7 Å². The van der Waals surface area contributed by atoms with E-state index in [9.17, 15) is 4.79 Å². The van der Waals surface area contributed by atoms with Gasteiger partial charge in [-0.15, -0.1) is 23.2 Å². The summed E-state index contributed by atoms with van der Waals surface area (Å²) >= 11 is 11.5. The van der Waals surface area contributed by atoms with Crippen LogP contribution in [0.3, 0.4) is 0 Å². The number of amides is 1. The van der Waals surface area contributed by atoms with Crippen molar-refractivity contribution in [2.75, 3.05) is 24.8 Å². The third-order valence-corrected chi connectivity index (χ3v) is 3.12. The number of benzene rings is 1. The Balaban J connectivity index is 2.77. The van der Waals surface area contributed by atoms with Gasteiger partial charge in [-0.25, -0.2) is 0 Å². The van der Waals surface area contributed by atoms with E-state index in [0.717, 1.165) is 5.56 Å². The molecule has 18 heavy (non-hydrogen) atoms. The standard InChI is InChI=1S/C13H18Cl2N2O/c14-6-8-17(9-7-15)12(13(16)18)10-11-4-2-1-3-5-11/h1-5,12H,6-10H2,(H2,16,18). The summed E-state index contributed by atoms with van der Waals surface area (Å²) < 4.78 is 0. The molecular formula is C13H18Cl2N2O. The van der Waals surface area contributed by atoms with Crippen molar-refractivity contribution < 1.29 is 4.79 Å². The maximum atomic E-state index is 11.6. The normalized spacial score (nSPS) is 12.6. The van der Waals surface area contributed by atoms with Crippen LogP contribution in [0.4, 0.5) is 0 Å². The van der Waals surface area contributed by atoms with Gasteiger partial charge in [-0.05, 0) is 12.0 Å². The molecule has 1 aromatic carbocycles. The first-order valence-electron chi connectivity index (χ1n) is 5.88. The molecule has 100 valence electrons. The quantitative estimate of drug-likeness (QED) is 0.743. The molecule has 5 heteroatoms. The van der Waals surface area contributed by atoms with Gasteiger partial charge in [0.25, 0.3) is 0 Å². The second kappa shape index (κ2) is 8.35. The number of nitrogens with zero attached hydrogens (tertiary/aromatic N) is 1. The monoisotopic (exact) mass is 288 g/mol. The van der Waals surface area contributed by atoms with Crippen LogP contribution in [0.2, 0.25) is 0 Å². The molecule has 0 spiro atoms. The van der Waals surface area contributed by atoms with Gasteiger partial charge in [0.1, 0.15) is 0 Å². The fourth-order valence-electron chi connectivity index (χ4n) is 1.89. The van der Waals surface area contributed by atoms with E-state index in [1.807, 2.05) is 35.2 Å². The Hall–Kier alpha value is -0.770. The highest BCUT2D eigenvalue weighted by atomic mass is 35.5. The average molecular weight is 289 g/mol. The molecule has 1 unspecified atom stereocenters. The number of hydrogen-bond donors (Lipinski definition) is 1. The van der Waals surface area contributed by atoms with E-state index >= 15 is 0 Å². The van der Waals surface area contributed by atoms with Gasteiger partial charge in [0.2, 0.25) is 5.91 Å². The lowest BCUT2D eigenvalue weighted by Crippen LogP contribution is -2.47.